The fourth-order valence-electron chi connectivity index (χ4n) is 2.19. The van der Waals surface area contributed by atoms with E-state index in [0.717, 1.165) is 25.0 Å². The molecule has 0 aliphatic carbocycles. The third kappa shape index (κ3) is 3.68. The smallest absolute Gasteiger partial charge is 0.327 e. The highest BCUT2D eigenvalue weighted by Gasteiger charge is 2.24. The van der Waals surface area contributed by atoms with Gasteiger partial charge in [-0.1, -0.05) is 0 Å². The van der Waals surface area contributed by atoms with Gasteiger partial charge in [-0.3, -0.25) is 5.32 Å². The zero-order chi connectivity index (χ0) is 14.4. The molecule has 0 spiro atoms. The molecule has 0 saturated carbocycles. The maximum Gasteiger partial charge on any atom is 0.327 e. The Labute approximate surface area is 118 Å². The monoisotopic (exact) mass is 280 g/mol. The van der Waals surface area contributed by atoms with Gasteiger partial charge in [-0.2, -0.15) is 0 Å². The molecule has 1 saturated heterocycles. The number of hydrogen-bond donors (Lipinski definition) is 1. The van der Waals surface area contributed by atoms with Crippen molar-refractivity contribution >= 4 is 5.97 Å². The first-order chi connectivity index (χ1) is 9.74. The number of esters is 1. The lowest BCUT2D eigenvalue weighted by Crippen LogP contribution is -2.35. The average molecular weight is 280 g/mol. The zero-order valence-electron chi connectivity index (χ0n) is 11.8. The Balaban J connectivity index is 2.03. The minimum Gasteiger partial charge on any atom is -0.481 e. The highest BCUT2D eigenvalue weighted by Crippen LogP contribution is 2.18. The summed E-state index contributed by atoms with van der Waals surface area (Å²) in [5.74, 6) is 0.173. The van der Waals surface area contributed by atoms with Gasteiger partial charge in [0.15, 0.2) is 0 Å². The Kier molecular flexibility index (Phi) is 5.31. The summed E-state index contributed by atoms with van der Waals surface area (Å²) in [6.07, 6.45) is 3.86. The lowest BCUT2D eigenvalue weighted by molar-refractivity contribution is -0.143. The van der Waals surface area contributed by atoms with Gasteiger partial charge in [0, 0.05) is 25.4 Å². The van der Waals surface area contributed by atoms with Crippen LogP contribution in [0.3, 0.4) is 0 Å². The summed E-state index contributed by atoms with van der Waals surface area (Å²) in [7, 11) is 2.93. The second kappa shape index (κ2) is 7.21. The van der Waals surface area contributed by atoms with Crippen molar-refractivity contribution in [2.24, 2.45) is 0 Å². The van der Waals surface area contributed by atoms with E-state index in [-0.39, 0.29) is 12.1 Å². The summed E-state index contributed by atoms with van der Waals surface area (Å²) >= 11 is 0. The third-order valence-corrected chi connectivity index (χ3v) is 3.31. The molecule has 2 heterocycles. The molecule has 110 valence electrons. The molecule has 2 atom stereocenters. The van der Waals surface area contributed by atoms with Gasteiger partial charge >= 0.3 is 5.97 Å². The topological polar surface area (TPSA) is 69.7 Å². The van der Waals surface area contributed by atoms with Gasteiger partial charge in [-0.15, -0.1) is 0 Å². The molecule has 1 aliphatic rings. The van der Waals surface area contributed by atoms with E-state index in [2.05, 4.69) is 10.3 Å². The predicted octanol–water partition coefficient (Wildman–Crippen LogP) is 1.07. The van der Waals surface area contributed by atoms with Crippen LogP contribution in [0.2, 0.25) is 0 Å². The van der Waals surface area contributed by atoms with Crippen LogP contribution in [0.15, 0.2) is 18.3 Å². The van der Waals surface area contributed by atoms with E-state index in [9.17, 15) is 4.79 Å². The highest BCUT2D eigenvalue weighted by atomic mass is 16.5. The van der Waals surface area contributed by atoms with Crippen LogP contribution in [0.5, 0.6) is 5.88 Å². The van der Waals surface area contributed by atoms with Gasteiger partial charge < -0.3 is 14.2 Å². The quantitative estimate of drug-likeness (QED) is 0.786. The molecule has 0 radical (unpaired) electrons. The minimum absolute atomic E-state index is 0.161. The third-order valence-electron chi connectivity index (χ3n) is 3.31. The molecule has 1 aromatic heterocycles. The number of carbonyl (C=O) groups excluding carboxylic acids is 1. The van der Waals surface area contributed by atoms with Gasteiger partial charge in [0.1, 0.15) is 6.04 Å². The maximum absolute atomic E-state index is 11.9. The van der Waals surface area contributed by atoms with Crippen LogP contribution in [-0.4, -0.2) is 44.4 Å². The first-order valence-corrected chi connectivity index (χ1v) is 6.67. The molecule has 1 aliphatic heterocycles. The number of methoxy groups -OCH3 is 2. The summed E-state index contributed by atoms with van der Waals surface area (Å²) in [6.45, 7) is 1.41. The van der Waals surface area contributed by atoms with E-state index in [1.807, 2.05) is 0 Å². The average Bonchev–Trinajstić information content (AvgIpc) is 3.01. The lowest BCUT2D eigenvalue weighted by atomic mass is 10.1. The number of ether oxygens (including phenoxy) is 3. The normalized spacial score (nSPS) is 19.6. The zero-order valence-corrected chi connectivity index (χ0v) is 11.8. The molecule has 0 aromatic carbocycles. The summed E-state index contributed by atoms with van der Waals surface area (Å²) in [5.41, 5.74) is 0.746. The molecule has 6 nitrogen and oxygen atoms in total. The Morgan fingerprint density at radius 3 is 2.95 bits per heavy atom. The van der Waals surface area contributed by atoms with Crippen molar-refractivity contribution in [3.63, 3.8) is 0 Å². The van der Waals surface area contributed by atoms with Crippen LogP contribution in [0.1, 0.15) is 24.4 Å². The maximum atomic E-state index is 11.9. The Morgan fingerprint density at radius 2 is 2.40 bits per heavy atom. The number of nitrogens with one attached hydrogen (secondary N) is 1. The summed E-state index contributed by atoms with van der Waals surface area (Å²) < 4.78 is 15.4. The second-order valence-corrected chi connectivity index (χ2v) is 4.63. The van der Waals surface area contributed by atoms with Crippen molar-refractivity contribution in [2.45, 2.75) is 25.0 Å². The van der Waals surface area contributed by atoms with Crippen molar-refractivity contribution in [3.05, 3.63) is 23.9 Å². The van der Waals surface area contributed by atoms with E-state index in [1.54, 1.807) is 25.4 Å². The van der Waals surface area contributed by atoms with Crippen molar-refractivity contribution in [1.82, 2.24) is 10.3 Å². The molecule has 6 heteroatoms. The van der Waals surface area contributed by atoms with Crippen molar-refractivity contribution < 1.29 is 19.0 Å². The van der Waals surface area contributed by atoms with Crippen LogP contribution in [0.25, 0.3) is 0 Å². The van der Waals surface area contributed by atoms with E-state index >= 15 is 0 Å². The van der Waals surface area contributed by atoms with Crippen LogP contribution in [-0.2, 0) is 14.3 Å². The molecule has 0 bridgehead atoms. The van der Waals surface area contributed by atoms with E-state index in [1.165, 1.54) is 7.11 Å². The molecule has 2 rings (SSSR count). The fraction of sp³-hybridized carbons (Fsp3) is 0.571. The number of carbonyl (C=O) groups is 1. The molecule has 1 aromatic rings. The molecule has 20 heavy (non-hydrogen) atoms. The summed E-state index contributed by atoms with van der Waals surface area (Å²) in [5, 5.41) is 3.19. The Hall–Kier alpha value is -1.66. The van der Waals surface area contributed by atoms with Crippen LogP contribution in [0.4, 0.5) is 0 Å². The molecule has 0 amide bonds. The van der Waals surface area contributed by atoms with E-state index in [0.29, 0.717) is 12.4 Å². The number of hydrogen-bond acceptors (Lipinski definition) is 6. The largest absolute Gasteiger partial charge is 0.481 e. The van der Waals surface area contributed by atoms with Crippen LogP contribution >= 0.6 is 0 Å². The molecule has 1 fully saturated rings. The SMILES string of the molecule is COC(=O)C(NCC1CCCO1)c1ccc(OC)nc1. The number of aromatic nitrogens is 1. The van der Waals surface area contributed by atoms with E-state index in [4.69, 9.17) is 14.2 Å². The Morgan fingerprint density at radius 1 is 1.55 bits per heavy atom. The summed E-state index contributed by atoms with van der Waals surface area (Å²) in [6, 6.07) is 2.98. The van der Waals surface area contributed by atoms with Gasteiger partial charge in [-0.25, -0.2) is 9.78 Å². The molecule has 1 N–H and O–H groups in total. The van der Waals surface area contributed by atoms with E-state index < -0.39 is 6.04 Å². The predicted molar refractivity (Wildman–Crippen MR) is 72.5 cm³/mol. The standard InChI is InChI=1S/C14H20N2O4/c1-18-12-6-5-10(8-15-12)13(14(17)19-2)16-9-11-4-3-7-20-11/h5-6,8,11,13,16H,3-4,7,9H2,1-2H3. The number of rotatable bonds is 6. The first-order valence-electron chi connectivity index (χ1n) is 6.67. The fourth-order valence-corrected chi connectivity index (χ4v) is 2.19. The van der Waals surface area contributed by atoms with Crippen LogP contribution < -0.4 is 10.1 Å². The van der Waals surface area contributed by atoms with Gasteiger partial charge in [0.05, 0.1) is 20.3 Å². The van der Waals surface area contributed by atoms with Crippen molar-refractivity contribution in [1.29, 1.82) is 0 Å². The molecular weight excluding hydrogens is 260 g/mol. The van der Waals surface area contributed by atoms with Crippen LogP contribution in [0, 0.1) is 0 Å². The number of pyridine rings is 1. The summed E-state index contributed by atoms with van der Waals surface area (Å²) in [4.78, 5) is 16.0. The lowest BCUT2D eigenvalue weighted by Gasteiger charge is -2.19. The second-order valence-electron chi connectivity index (χ2n) is 4.63. The highest BCUT2D eigenvalue weighted by molar-refractivity contribution is 5.77. The molecule has 2 unspecified atom stereocenters. The Bertz CT molecular complexity index is 429. The van der Waals surface area contributed by atoms with Crippen molar-refractivity contribution in [3.8, 4) is 5.88 Å². The van der Waals surface area contributed by atoms with Gasteiger partial charge in [0.2, 0.25) is 5.88 Å². The number of nitrogens with zero attached hydrogens (tertiary/aromatic N) is 1. The molecular formula is C14H20N2O4. The first kappa shape index (κ1) is 14.7. The van der Waals surface area contributed by atoms with Gasteiger partial charge in [-0.05, 0) is 24.5 Å². The minimum atomic E-state index is -0.539. The van der Waals surface area contributed by atoms with Crippen molar-refractivity contribution in [2.75, 3.05) is 27.4 Å². The van der Waals surface area contributed by atoms with Gasteiger partial charge in [0.25, 0.3) is 0 Å².